The molecular formula is C23H31N3O6. The summed E-state index contributed by atoms with van der Waals surface area (Å²) >= 11 is 0. The van der Waals surface area contributed by atoms with Crippen LogP contribution in [0.25, 0.3) is 0 Å². The molecule has 1 aromatic heterocycles. The summed E-state index contributed by atoms with van der Waals surface area (Å²) in [6, 6.07) is -0.620. The van der Waals surface area contributed by atoms with Crippen molar-refractivity contribution in [2.75, 3.05) is 13.2 Å². The number of urea groups is 1. The van der Waals surface area contributed by atoms with Crippen molar-refractivity contribution in [1.82, 2.24) is 15.2 Å². The second-order valence-electron chi connectivity index (χ2n) is 10.0. The number of imide groups is 1. The van der Waals surface area contributed by atoms with Crippen molar-refractivity contribution in [2.24, 2.45) is 11.3 Å². The molecule has 1 aliphatic heterocycles. The van der Waals surface area contributed by atoms with Crippen molar-refractivity contribution in [3.63, 3.8) is 0 Å². The second kappa shape index (κ2) is 8.18. The maximum absolute atomic E-state index is 13.1. The summed E-state index contributed by atoms with van der Waals surface area (Å²) in [5, 5.41) is 2.80. The van der Waals surface area contributed by atoms with Crippen LogP contribution in [0.15, 0.2) is 0 Å². The average molecular weight is 446 g/mol. The number of amides is 3. The first-order chi connectivity index (χ1) is 14.8. The van der Waals surface area contributed by atoms with Gasteiger partial charge in [0.2, 0.25) is 5.78 Å². The Morgan fingerprint density at radius 2 is 1.81 bits per heavy atom. The summed E-state index contributed by atoms with van der Waals surface area (Å²) in [4.78, 5) is 65.9. The summed E-state index contributed by atoms with van der Waals surface area (Å²) in [6.45, 7) is 9.80. The van der Waals surface area contributed by atoms with Gasteiger partial charge in [-0.25, -0.2) is 4.79 Å². The smallest absolute Gasteiger partial charge is 0.326 e. The SMILES string of the molecule is CC(=O)c1c(C)[nH]c(C(=O)COC(=O)CN2C(=O)NC3(CC(C)CC(C)(C)C3)C2=O)c1C. The monoisotopic (exact) mass is 445 g/mol. The van der Waals surface area contributed by atoms with Crippen LogP contribution in [0.3, 0.4) is 0 Å². The maximum atomic E-state index is 13.1. The van der Waals surface area contributed by atoms with Gasteiger partial charge in [0.15, 0.2) is 12.4 Å². The number of carbonyl (C=O) groups excluding carboxylic acids is 5. The first-order valence-corrected chi connectivity index (χ1v) is 10.8. The van der Waals surface area contributed by atoms with E-state index >= 15 is 0 Å². The van der Waals surface area contributed by atoms with Crippen molar-refractivity contribution in [3.05, 3.63) is 22.5 Å². The molecule has 3 amide bonds. The highest BCUT2D eigenvalue weighted by molar-refractivity contribution is 6.09. The molecule has 0 bridgehead atoms. The van der Waals surface area contributed by atoms with E-state index in [1.165, 1.54) is 6.92 Å². The van der Waals surface area contributed by atoms with Crippen molar-refractivity contribution >= 4 is 29.5 Å². The zero-order chi connectivity index (χ0) is 24.0. The van der Waals surface area contributed by atoms with Gasteiger partial charge in [-0.05, 0) is 56.9 Å². The summed E-state index contributed by atoms with van der Waals surface area (Å²) in [5.74, 6) is -1.69. The van der Waals surface area contributed by atoms with E-state index in [1.54, 1.807) is 13.8 Å². The van der Waals surface area contributed by atoms with E-state index in [-0.39, 0.29) is 22.8 Å². The molecule has 2 heterocycles. The molecule has 3 rings (SSSR count). The third-order valence-corrected chi connectivity index (χ3v) is 6.34. The molecule has 2 unspecified atom stereocenters. The standard InChI is InChI=1S/C23H31N3O6/c1-12-7-22(5,6)11-23(8-12)20(30)26(21(31)25-23)9-17(29)32-10-16(28)19-13(2)18(15(4)27)14(3)24-19/h12,24H,7-11H2,1-6H3,(H,25,31). The lowest BCUT2D eigenvalue weighted by Crippen LogP contribution is -2.54. The Morgan fingerprint density at radius 1 is 1.16 bits per heavy atom. The molecule has 9 heteroatoms. The summed E-state index contributed by atoms with van der Waals surface area (Å²) < 4.78 is 5.05. The number of hydrogen-bond donors (Lipinski definition) is 2. The van der Waals surface area contributed by atoms with Gasteiger partial charge in [0, 0.05) is 11.3 Å². The lowest BCUT2D eigenvalue weighted by atomic mass is 9.64. The fraction of sp³-hybridized carbons (Fsp3) is 0.609. The molecular weight excluding hydrogens is 414 g/mol. The molecule has 1 aromatic rings. The maximum Gasteiger partial charge on any atom is 0.326 e. The lowest BCUT2D eigenvalue weighted by Gasteiger charge is -2.43. The largest absolute Gasteiger partial charge is 0.456 e. The van der Waals surface area contributed by atoms with Gasteiger partial charge < -0.3 is 15.0 Å². The van der Waals surface area contributed by atoms with Gasteiger partial charge in [-0.3, -0.25) is 24.1 Å². The zero-order valence-electron chi connectivity index (χ0n) is 19.5. The summed E-state index contributed by atoms with van der Waals surface area (Å²) in [6.07, 6.45) is 1.98. The van der Waals surface area contributed by atoms with Crippen LogP contribution >= 0.6 is 0 Å². The van der Waals surface area contributed by atoms with E-state index in [2.05, 4.69) is 24.1 Å². The molecule has 2 aliphatic rings. The second-order valence-corrected chi connectivity index (χ2v) is 10.0. The molecule has 2 fully saturated rings. The summed E-state index contributed by atoms with van der Waals surface area (Å²) in [5.41, 5.74) is 0.590. The third-order valence-electron chi connectivity index (χ3n) is 6.34. The number of ether oxygens (including phenoxy) is 1. The number of aryl methyl sites for hydroxylation is 1. The molecule has 0 radical (unpaired) electrons. The van der Waals surface area contributed by atoms with Crippen LogP contribution in [0.1, 0.15) is 79.1 Å². The Morgan fingerprint density at radius 3 is 2.38 bits per heavy atom. The third kappa shape index (κ3) is 4.33. The van der Waals surface area contributed by atoms with Gasteiger partial charge in [-0.2, -0.15) is 0 Å². The zero-order valence-corrected chi connectivity index (χ0v) is 19.5. The molecule has 2 atom stereocenters. The molecule has 32 heavy (non-hydrogen) atoms. The highest BCUT2D eigenvalue weighted by atomic mass is 16.5. The number of rotatable bonds is 6. The van der Waals surface area contributed by atoms with Crippen molar-refractivity contribution in [1.29, 1.82) is 0 Å². The molecule has 9 nitrogen and oxygen atoms in total. The normalized spacial score (nSPS) is 24.6. The Hall–Kier alpha value is -2.97. The minimum atomic E-state index is -1.00. The molecule has 1 spiro atoms. The van der Waals surface area contributed by atoms with E-state index in [4.69, 9.17) is 4.74 Å². The number of aromatic amines is 1. The van der Waals surface area contributed by atoms with Crippen molar-refractivity contribution in [2.45, 2.75) is 66.3 Å². The van der Waals surface area contributed by atoms with E-state index < -0.39 is 42.4 Å². The fourth-order valence-electron chi connectivity index (χ4n) is 5.60. The first kappa shape index (κ1) is 23.7. The highest BCUT2D eigenvalue weighted by Gasteiger charge is 2.56. The van der Waals surface area contributed by atoms with Gasteiger partial charge in [-0.1, -0.05) is 20.8 Å². The number of hydrogen-bond acceptors (Lipinski definition) is 6. The van der Waals surface area contributed by atoms with E-state index in [0.29, 0.717) is 29.7 Å². The number of esters is 1. The van der Waals surface area contributed by atoms with Crippen LogP contribution in [-0.2, 0) is 14.3 Å². The van der Waals surface area contributed by atoms with Crippen LogP contribution < -0.4 is 5.32 Å². The quantitative estimate of drug-likeness (QED) is 0.394. The predicted molar refractivity (Wildman–Crippen MR) is 115 cm³/mol. The number of Topliss-reactive ketones (excluding diaryl/α,β-unsaturated/α-hetero) is 2. The Balaban J connectivity index is 1.64. The van der Waals surface area contributed by atoms with Gasteiger partial charge in [0.1, 0.15) is 12.1 Å². The molecule has 2 N–H and O–H groups in total. The molecule has 0 aromatic carbocycles. The predicted octanol–water partition coefficient (Wildman–Crippen LogP) is 2.70. The Bertz CT molecular complexity index is 1010. The van der Waals surface area contributed by atoms with Crippen LogP contribution in [0.5, 0.6) is 0 Å². The number of ketones is 2. The van der Waals surface area contributed by atoms with Crippen molar-refractivity contribution in [3.8, 4) is 0 Å². The number of aromatic nitrogens is 1. The van der Waals surface area contributed by atoms with Gasteiger partial charge in [0.05, 0.1) is 5.69 Å². The molecule has 1 saturated carbocycles. The number of nitrogens with one attached hydrogen (secondary N) is 2. The van der Waals surface area contributed by atoms with Crippen LogP contribution in [0.4, 0.5) is 4.79 Å². The van der Waals surface area contributed by atoms with Gasteiger partial charge >= 0.3 is 12.0 Å². The van der Waals surface area contributed by atoms with Gasteiger partial charge in [-0.15, -0.1) is 0 Å². The van der Waals surface area contributed by atoms with E-state index in [0.717, 1.165) is 11.3 Å². The van der Waals surface area contributed by atoms with Crippen LogP contribution in [0, 0.1) is 25.2 Å². The minimum Gasteiger partial charge on any atom is -0.456 e. The lowest BCUT2D eigenvalue weighted by molar-refractivity contribution is -0.147. The molecule has 1 aliphatic carbocycles. The van der Waals surface area contributed by atoms with Gasteiger partial charge in [0.25, 0.3) is 5.91 Å². The van der Waals surface area contributed by atoms with Crippen LogP contribution in [-0.4, -0.2) is 58.0 Å². The summed E-state index contributed by atoms with van der Waals surface area (Å²) in [7, 11) is 0. The molecule has 174 valence electrons. The average Bonchev–Trinajstić information content (AvgIpc) is 3.05. The van der Waals surface area contributed by atoms with Crippen molar-refractivity contribution < 1.29 is 28.7 Å². The molecule has 1 saturated heterocycles. The first-order valence-electron chi connectivity index (χ1n) is 10.8. The topological polar surface area (TPSA) is 126 Å². The van der Waals surface area contributed by atoms with Crippen LogP contribution in [0.2, 0.25) is 0 Å². The number of carbonyl (C=O) groups is 5. The highest BCUT2D eigenvalue weighted by Crippen LogP contribution is 2.46. The Labute approximate surface area is 187 Å². The Kier molecular flexibility index (Phi) is 6.06. The fourth-order valence-corrected chi connectivity index (χ4v) is 5.60. The van der Waals surface area contributed by atoms with E-state index in [1.807, 2.05) is 6.92 Å². The minimum absolute atomic E-state index is 0.117. The number of H-pyrrole nitrogens is 1. The van der Waals surface area contributed by atoms with E-state index in [9.17, 15) is 24.0 Å². The number of nitrogens with zero attached hydrogens (tertiary/aromatic N) is 1.